The summed E-state index contributed by atoms with van der Waals surface area (Å²) in [6.07, 6.45) is 1.74. The number of carbonyl (C=O) groups excluding carboxylic acids is 1. The highest BCUT2D eigenvalue weighted by Crippen LogP contribution is 2.23. The number of aromatic nitrogens is 1. The molecule has 1 fully saturated rings. The zero-order chi connectivity index (χ0) is 21.8. The van der Waals surface area contributed by atoms with Crippen molar-refractivity contribution in [3.05, 3.63) is 84.1 Å². The van der Waals surface area contributed by atoms with Gasteiger partial charge < -0.3 is 15.1 Å². The number of rotatable bonds is 4. The molecule has 0 saturated carbocycles. The quantitative estimate of drug-likeness (QED) is 0.656. The molecule has 0 spiro atoms. The zero-order valence-electron chi connectivity index (χ0n) is 18.5. The molecule has 0 unspecified atom stereocenters. The third kappa shape index (κ3) is 5.05. The average Bonchev–Trinajstić information content (AvgIpc) is 2.80. The number of pyridine rings is 1. The summed E-state index contributed by atoms with van der Waals surface area (Å²) in [6.45, 7) is 10.3. The normalized spacial score (nSPS) is 14.4. The Morgan fingerprint density at radius 2 is 1.48 bits per heavy atom. The summed E-state index contributed by atoms with van der Waals surface area (Å²) >= 11 is 0. The molecular formula is C26H30N4O. The first-order valence-corrected chi connectivity index (χ1v) is 10.8. The molecule has 5 nitrogen and oxygen atoms in total. The number of nitrogens with zero attached hydrogens (tertiary/aromatic N) is 3. The van der Waals surface area contributed by atoms with Crippen LogP contribution in [0.15, 0.2) is 72.9 Å². The first-order chi connectivity index (χ1) is 14.9. The molecule has 1 amide bonds. The lowest BCUT2D eigenvalue weighted by Gasteiger charge is -2.36. The van der Waals surface area contributed by atoms with Crippen LogP contribution in [0.2, 0.25) is 0 Å². The SMILES string of the molecule is CC(C)(C)c1ccc(C(=O)Nc2ccc(N3CCN(c4ccccc4)CC3)nc2)cc1. The van der Waals surface area contributed by atoms with Crippen molar-refractivity contribution >= 4 is 23.1 Å². The van der Waals surface area contributed by atoms with Crippen molar-refractivity contribution in [3.63, 3.8) is 0 Å². The second kappa shape index (κ2) is 8.80. The average molecular weight is 415 g/mol. The second-order valence-corrected chi connectivity index (χ2v) is 9.00. The predicted molar refractivity (Wildman–Crippen MR) is 128 cm³/mol. The molecule has 3 aromatic rings. The fourth-order valence-corrected chi connectivity index (χ4v) is 3.80. The Hall–Kier alpha value is -3.34. The number of hydrogen-bond donors (Lipinski definition) is 1. The molecule has 160 valence electrons. The molecule has 1 aliphatic heterocycles. The Bertz CT molecular complexity index is 1000. The van der Waals surface area contributed by atoms with Crippen LogP contribution < -0.4 is 15.1 Å². The predicted octanol–water partition coefficient (Wildman–Crippen LogP) is 4.96. The van der Waals surface area contributed by atoms with Gasteiger partial charge in [-0.2, -0.15) is 0 Å². The van der Waals surface area contributed by atoms with E-state index in [1.165, 1.54) is 11.3 Å². The summed E-state index contributed by atoms with van der Waals surface area (Å²) in [7, 11) is 0. The molecule has 0 radical (unpaired) electrons. The minimum absolute atomic E-state index is 0.0708. The maximum absolute atomic E-state index is 12.6. The fraction of sp³-hybridized carbons (Fsp3) is 0.308. The maximum Gasteiger partial charge on any atom is 0.255 e. The number of para-hydroxylation sites is 1. The molecule has 5 heteroatoms. The van der Waals surface area contributed by atoms with Gasteiger partial charge in [0.25, 0.3) is 5.91 Å². The van der Waals surface area contributed by atoms with Gasteiger partial charge in [-0.1, -0.05) is 51.1 Å². The molecule has 2 heterocycles. The largest absolute Gasteiger partial charge is 0.368 e. The molecule has 1 saturated heterocycles. The summed E-state index contributed by atoms with van der Waals surface area (Å²) in [6, 6.07) is 22.2. The number of benzene rings is 2. The summed E-state index contributed by atoms with van der Waals surface area (Å²) < 4.78 is 0. The van der Waals surface area contributed by atoms with Crippen LogP contribution in [0.25, 0.3) is 0 Å². The van der Waals surface area contributed by atoms with Crippen molar-refractivity contribution in [1.82, 2.24) is 4.98 Å². The van der Waals surface area contributed by atoms with Crippen molar-refractivity contribution in [3.8, 4) is 0 Å². The Morgan fingerprint density at radius 1 is 0.839 bits per heavy atom. The molecular weight excluding hydrogens is 384 g/mol. The van der Waals surface area contributed by atoms with Crippen molar-refractivity contribution in [2.75, 3.05) is 41.3 Å². The van der Waals surface area contributed by atoms with Crippen LogP contribution >= 0.6 is 0 Å². The summed E-state index contributed by atoms with van der Waals surface area (Å²) in [5, 5.41) is 2.95. The summed E-state index contributed by atoms with van der Waals surface area (Å²) in [5.41, 5.74) is 3.90. The van der Waals surface area contributed by atoms with Crippen LogP contribution in [0.5, 0.6) is 0 Å². The van der Waals surface area contributed by atoms with Gasteiger partial charge in [0.05, 0.1) is 11.9 Å². The van der Waals surface area contributed by atoms with Crippen LogP contribution in [-0.2, 0) is 5.41 Å². The van der Waals surface area contributed by atoms with Gasteiger partial charge in [-0.25, -0.2) is 4.98 Å². The Balaban J connectivity index is 1.34. The number of anilines is 3. The Kier molecular flexibility index (Phi) is 5.94. The summed E-state index contributed by atoms with van der Waals surface area (Å²) in [5.74, 6) is 0.826. The first-order valence-electron chi connectivity index (χ1n) is 10.8. The molecule has 1 aromatic heterocycles. The van der Waals surface area contributed by atoms with Crippen LogP contribution in [0.4, 0.5) is 17.2 Å². The number of nitrogens with one attached hydrogen (secondary N) is 1. The molecule has 31 heavy (non-hydrogen) atoms. The van der Waals surface area contributed by atoms with E-state index in [4.69, 9.17) is 0 Å². The van der Waals surface area contributed by atoms with Crippen LogP contribution in [0, 0.1) is 0 Å². The van der Waals surface area contributed by atoms with Gasteiger partial charge >= 0.3 is 0 Å². The third-order valence-corrected chi connectivity index (χ3v) is 5.74. The van der Waals surface area contributed by atoms with Crippen LogP contribution in [-0.4, -0.2) is 37.1 Å². The van der Waals surface area contributed by atoms with E-state index in [-0.39, 0.29) is 11.3 Å². The highest BCUT2D eigenvalue weighted by atomic mass is 16.1. The van der Waals surface area contributed by atoms with Crippen molar-refractivity contribution in [1.29, 1.82) is 0 Å². The van der Waals surface area contributed by atoms with E-state index < -0.39 is 0 Å². The second-order valence-electron chi connectivity index (χ2n) is 9.00. The number of carbonyl (C=O) groups is 1. The topological polar surface area (TPSA) is 48.5 Å². The van der Waals surface area contributed by atoms with E-state index in [1.807, 2.05) is 42.5 Å². The number of amides is 1. The number of hydrogen-bond acceptors (Lipinski definition) is 4. The Labute approximate surface area is 184 Å². The number of piperazine rings is 1. The third-order valence-electron chi connectivity index (χ3n) is 5.74. The molecule has 4 rings (SSSR count). The lowest BCUT2D eigenvalue weighted by molar-refractivity contribution is 0.102. The highest BCUT2D eigenvalue weighted by molar-refractivity contribution is 6.04. The monoisotopic (exact) mass is 414 g/mol. The maximum atomic E-state index is 12.6. The minimum Gasteiger partial charge on any atom is -0.368 e. The van der Waals surface area contributed by atoms with Gasteiger partial charge in [0, 0.05) is 37.4 Å². The van der Waals surface area contributed by atoms with Crippen molar-refractivity contribution in [2.45, 2.75) is 26.2 Å². The zero-order valence-corrected chi connectivity index (χ0v) is 18.5. The smallest absolute Gasteiger partial charge is 0.255 e. The highest BCUT2D eigenvalue weighted by Gasteiger charge is 2.18. The molecule has 2 aromatic carbocycles. The van der Waals surface area contributed by atoms with Gasteiger partial charge in [-0.15, -0.1) is 0 Å². The standard InChI is InChI=1S/C26H30N4O/c1-26(2,3)21-11-9-20(10-12-21)25(31)28-22-13-14-24(27-19-22)30-17-15-29(16-18-30)23-7-5-4-6-8-23/h4-14,19H,15-18H2,1-3H3,(H,28,31). The lowest BCUT2D eigenvalue weighted by atomic mass is 9.87. The van der Waals surface area contributed by atoms with Gasteiger partial charge in [0.15, 0.2) is 0 Å². The van der Waals surface area contributed by atoms with Crippen LogP contribution in [0.1, 0.15) is 36.7 Å². The summed E-state index contributed by atoms with van der Waals surface area (Å²) in [4.78, 5) is 21.9. The molecule has 0 atom stereocenters. The van der Waals surface area contributed by atoms with Gasteiger partial charge in [0.1, 0.15) is 5.82 Å². The van der Waals surface area contributed by atoms with E-state index >= 15 is 0 Å². The van der Waals surface area contributed by atoms with E-state index in [2.05, 4.69) is 65.1 Å². The van der Waals surface area contributed by atoms with E-state index in [1.54, 1.807) is 6.20 Å². The van der Waals surface area contributed by atoms with Crippen LogP contribution in [0.3, 0.4) is 0 Å². The molecule has 0 bridgehead atoms. The van der Waals surface area contributed by atoms with E-state index in [9.17, 15) is 4.79 Å². The Morgan fingerprint density at radius 3 is 2.06 bits per heavy atom. The minimum atomic E-state index is -0.119. The first kappa shape index (κ1) is 20.9. The van der Waals surface area contributed by atoms with Crippen molar-refractivity contribution < 1.29 is 4.79 Å². The molecule has 0 aliphatic carbocycles. The molecule has 1 aliphatic rings. The molecule has 1 N–H and O–H groups in total. The van der Waals surface area contributed by atoms with Crippen molar-refractivity contribution in [2.24, 2.45) is 0 Å². The van der Waals surface area contributed by atoms with E-state index in [0.29, 0.717) is 11.3 Å². The van der Waals surface area contributed by atoms with E-state index in [0.717, 1.165) is 32.0 Å². The lowest BCUT2D eigenvalue weighted by Crippen LogP contribution is -2.46. The fourth-order valence-electron chi connectivity index (χ4n) is 3.80. The van der Waals surface area contributed by atoms with Gasteiger partial charge in [0.2, 0.25) is 0 Å². The van der Waals surface area contributed by atoms with Gasteiger partial charge in [-0.05, 0) is 47.4 Å². The van der Waals surface area contributed by atoms with Gasteiger partial charge in [-0.3, -0.25) is 4.79 Å².